The molecule has 0 amide bonds. The molecule has 2 aromatic carbocycles. The number of aromatic amines is 1. The van der Waals surface area contributed by atoms with Gasteiger partial charge >= 0.3 is 0 Å². The highest BCUT2D eigenvalue weighted by molar-refractivity contribution is 5.98. The minimum atomic E-state index is -0.658. The summed E-state index contributed by atoms with van der Waals surface area (Å²) in [5, 5.41) is 0. The van der Waals surface area contributed by atoms with Crippen LogP contribution < -0.4 is 10.2 Å². The van der Waals surface area contributed by atoms with Gasteiger partial charge in [0.25, 0.3) is 0 Å². The lowest BCUT2D eigenvalue weighted by atomic mass is 9.95. The van der Waals surface area contributed by atoms with E-state index in [4.69, 9.17) is 4.74 Å². The highest BCUT2D eigenvalue weighted by Gasteiger charge is 2.19. The van der Waals surface area contributed by atoms with E-state index in [1.165, 1.54) is 36.5 Å². The van der Waals surface area contributed by atoms with Gasteiger partial charge in [0.15, 0.2) is 28.5 Å². The second-order valence-corrected chi connectivity index (χ2v) is 10.1. The van der Waals surface area contributed by atoms with E-state index in [0.717, 1.165) is 5.56 Å². The summed E-state index contributed by atoms with van der Waals surface area (Å²) in [7, 11) is 0. The zero-order valence-electron chi connectivity index (χ0n) is 22.5. The number of ether oxygens (including phenoxy) is 1. The number of carbonyl (C=O) groups is 1. The van der Waals surface area contributed by atoms with Crippen molar-refractivity contribution in [3.05, 3.63) is 117 Å². The van der Waals surface area contributed by atoms with Crippen LogP contribution in [0.15, 0.2) is 71.9 Å². The average molecular weight is 540 g/mol. The first kappa shape index (κ1) is 26.9. The molecule has 0 aliphatic carbocycles. The minimum Gasteiger partial charge on any atom is -0.452 e. The number of benzene rings is 2. The summed E-state index contributed by atoms with van der Waals surface area (Å²) in [6.07, 6.45) is 4.50. The first-order valence-electron chi connectivity index (χ1n) is 12.9. The van der Waals surface area contributed by atoms with E-state index in [0.29, 0.717) is 44.7 Å². The number of hydrogen-bond donors (Lipinski definition) is 1. The van der Waals surface area contributed by atoms with Crippen LogP contribution in [0.3, 0.4) is 0 Å². The van der Waals surface area contributed by atoms with E-state index in [2.05, 4.69) is 28.8 Å². The monoisotopic (exact) mass is 539 g/mol. The van der Waals surface area contributed by atoms with Gasteiger partial charge in [0.1, 0.15) is 11.3 Å². The average Bonchev–Trinajstić information content (AvgIpc) is 2.91. The second kappa shape index (κ2) is 10.8. The summed E-state index contributed by atoms with van der Waals surface area (Å²) < 4.78 is 34.5. The molecule has 40 heavy (non-hydrogen) atoms. The third-order valence-electron chi connectivity index (χ3n) is 6.85. The number of ketones is 1. The number of rotatable bonds is 7. The molecule has 0 unspecified atom stereocenters. The maximum absolute atomic E-state index is 15.1. The molecule has 0 aliphatic rings. The summed E-state index contributed by atoms with van der Waals surface area (Å²) in [6, 6.07) is 11.9. The molecule has 8 heteroatoms. The summed E-state index contributed by atoms with van der Waals surface area (Å²) in [5.74, 6) is -0.926. The van der Waals surface area contributed by atoms with Crippen molar-refractivity contribution >= 4 is 16.8 Å². The molecule has 5 aromatic rings. The molecule has 3 heterocycles. The van der Waals surface area contributed by atoms with Crippen molar-refractivity contribution in [3.8, 4) is 22.6 Å². The number of aromatic nitrogens is 3. The van der Waals surface area contributed by atoms with E-state index >= 15 is 4.39 Å². The number of nitrogens with zero attached hydrogens (tertiary/aromatic N) is 2. The molecule has 0 bridgehead atoms. The van der Waals surface area contributed by atoms with Gasteiger partial charge in [-0.15, -0.1) is 0 Å². The lowest BCUT2D eigenvalue weighted by molar-refractivity contribution is 0.0991. The first-order valence-corrected chi connectivity index (χ1v) is 12.9. The van der Waals surface area contributed by atoms with Crippen LogP contribution in [0.5, 0.6) is 11.5 Å². The van der Waals surface area contributed by atoms with Gasteiger partial charge in [0, 0.05) is 42.3 Å². The summed E-state index contributed by atoms with van der Waals surface area (Å²) in [6.45, 7) is 7.54. The Morgan fingerprint density at radius 1 is 1.00 bits per heavy atom. The largest absolute Gasteiger partial charge is 0.452 e. The first-order chi connectivity index (χ1) is 19.1. The number of pyridine rings is 3. The maximum atomic E-state index is 15.1. The quantitative estimate of drug-likeness (QED) is 0.221. The Bertz CT molecular complexity index is 1830. The molecule has 0 aliphatic heterocycles. The molecule has 6 nitrogen and oxygen atoms in total. The smallest absolute Gasteiger partial charge is 0.200 e. The predicted octanol–water partition coefficient (Wildman–Crippen LogP) is 7.22. The molecule has 0 saturated heterocycles. The molecule has 3 aromatic heterocycles. The molecule has 1 N–H and O–H groups in total. The SMILES string of the molecule is Cc1cc(F)ccc1-c1c(C)[nH]cc(C(=O)Cc2ccc(Oc3ccnc4cc(C(C)C)cnc34)c(F)c2)c1=O. The van der Waals surface area contributed by atoms with Crippen molar-refractivity contribution in [2.45, 2.75) is 40.0 Å². The highest BCUT2D eigenvalue weighted by atomic mass is 19.1. The van der Waals surface area contributed by atoms with Crippen LogP contribution in [0.25, 0.3) is 22.2 Å². The van der Waals surface area contributed by atoms with Gasteiger partial charge in [-0.1, -0.05) is 26.0 Å². The number of aryl methyl sites for hydroxylation is 2. The van der Waals surface area contributed by atoms with Crippen molar-refractivity contribution in [1.82, 2.24) is 15.0 Å². The lowest BCUT2D eigenvalue weighted by Gasteiger charge is -2.12. The Morgan fingerprint density at radius 2 is 1.80 bits per heavy atom. The molecular weight excluding hydrogens is 512 g/mol. The zero-order chi connectivity index (χ0) is 28.6. The lowest BCUT2D eigenvalue weighted by Crippen LogP contribution is -2.20. The number of carbonyl (C=O) groups excluding carboxylic acids is 1. The molecule has 0 atom stereocenters. The van der Waals surface area contributed by atoms with E-state index in [-0.39, 0.29) is 23.7 Å². The summed E-state index contributed by atoms with van der Waals surface area (Å²) >= 11 is 0. The van der Waals surface area contributed by atoms with Crippen LogP contribution >= 0.6 is 0 Å². The van der Waals surface area contributed by atoms with Crippen LogP contribution in [-0.2, 0) is 6.42 Å². The number of halogens is 2. The Balaban J connectivity index is 1.39. The van der Waals surface area contributed by atoms with Crippen molar-refractivity contribution < 1.29 is 18.3 Å². The van der Waals surface area contributed by atoms with Crippen molar-refractivity contribution in [3.63, 3.8) is 0 Å². The third kappa shape index (κ3) is 5.25. The van der Waals surface area contributed by atoms with Gasteiger partial charge < -0.3 is 9.72 Å². The maximum Gasteiger partial charge on any atom is 0.200 e. The van der Waals surface area contributed by atoms with Gasteiger partial charge in [-0.05, 0) is 72.4 Å². The fraction of sp³-hybridized carbons (Fsp3) is 0.188. The van der Waals surface area contributed by atoms with Gasteiger partial charge in [-0.25, -0.2) is 8.78 Å². The fourth-order valence-corrected chi connectivity index (χ4v) is 4.62. The normalized spacial score (nSPS) is 11.3. The van der Waals surface area contributed by atoms with Crippen LogP contribution in [0.1, 0.15) is 52.5 Å². The third-order valence-corrected chi connectivity index (χ3v) is 6.85. The van der Waals surface area contributed by atoms with Crippen LogP contribution in [0, 0.1) is 25.5 Å². The van der Waals surface area contributed by atoms with Gasteiger partial charge in [0.05, 0.1) is 11.1 Å². The number of Topliss-reactive ketones (excluding diaryl/α,β-unsaturated/α-hetero) is 1. The van der Waals surface area contributed by atoms with Crippen LogP contribution in [-0.4, -0.2) is 20.7 Å². The van der Waals surface area contributed by atoms with E-state index in [9.17, 15) is 14.0 Å². The van der Waals surface area contributed by atoms with Crippen molar-refractivity contribution in [2.75, 3.05) is 0 Å². The second-order valence-electron chi connectivity index (χ2n) is 10.1. The van der Waals surface area contributed by atoms with Gasteiger partial charge in [-0.3, -0.25) is 19.6 Å². The number of H-pyrrole nitrogens is 1. The molecule has 0 radical (unpaired) electrons. The number of fused-ring (bicyclic) bond motifs is 1. The topological polar surface area (TPSA) is 84.9 Å². The molecule has 0 fully saturated rings. The standard InChI is InChI=1S/C32H27F2N3O3/c1-17(2)21-14-26-31(37-15-21)29(9-10-35-26)40-28-8-5-20(12-25(28)34)13-27(38)24-16-36-19(4)30(32(24)39)23-7-6-22(33)11-18(23)3/h5-12,14-17H,13H2,1-4H3,(H,36,39). The number of nitrogens with one attached hydrogen (secondary N) is 1. The highest BCUT2D eigenvalue weighted by Crippen LogP contribution is 2.31. The van der Waals surface area contributed by atoms with Gasteiger partial charge in [0.2, 0.25) is 0 Å². The Hall–Kier alpha value is -4.72. The molecule has 202 valence electrons. The van der Waals surface area contributed by atoms with E-state index in [1.807, 2.05) is 6.07 Å². The van der Waals surface area contributed by atoms with Crippen molar-refractivity contribution in [2.24, 2.45) is 0 Å². The van der Waals surface area contributed by atoms with E-state index < -0.39 is 22.8 Å². The Morgan fingerprint density at radius 3 is 2.52 bits per heavy atom. The van der Waals surface area contributed by atoms with Crippen molar-refractivity contribution in [1.29, 1.82) is 0 Å². The fourth-order valence-electron chi connectivity index (χ4n) is 4.62. The summed E-state index contributed by atoms with van der Waals surface area (Å²) in [5.41, 5.74) is 4.03. The zero-order valence-corrected chi connectivity index (χ0v) is 22.5. The Labute approximate surface area is 229 Å². The van der Waals surface area contributed by atoms with Gasteiger partial charge in [-0.2, -0.15) is 0 Å². The molecular formula is C32H27F2N3O3. The molecule has 0 spiro atoms. The Kier molecular flexibility index (Phi) is 7.26. The van der Waals surface area contributed by atoms with E-state index in [1.54, 1.807) is 38.4 Å². The van der Waals surface area contributed by atoms with Crippen LogP contribution in [0.2, 0.25) is 0 Å². The number of hydrogen-bond acceptors (Lipinski definition) is 5. The van der Waals surface area contributed by atoms with Crippen LogP contribution in [0.4, 0.5) is 8.78 Å². The molecule has 5 rings (SSSR count). The minimum absolute atomic E-state index is 0.0271. The summed E-state index contributed by atoms with van der Waals surface area (Å²) in [4.78, 5) is 38.2. The molecule has 0 saturated carbocycles. The predicted molar refractivity (Wildman–Crippen MR) is 150 cm³/mol.